The van der Waals surface area contributed by atoms with Gasteiger partial charge in [-0.05, 0) is 34.6 Å². The summed E-state index contributed by atoms with van der Waals surface area (Å²) in [6.45, 7) is 3.99. The van der Waals surface area contributed by atoms with Crippen LogP contribution in [0.4, 0.5) is 0 Å². The molecule has 1 fully saturated rings. The van der Waals surface area contributed by atoms with E-state index < -0.39 is 5.41 Å². The fraction of sp³-hybridized carbons (Fsp3) is 0.333. The molecule has 0 aliphatic heterocycles. The van der Waals surface area contributed by atoms with Crippen molar-refractivity contribution < 1.29 is 9.59 Å². The third-order valence-corrected chi connectivity index (χ3v) is 6.36. The van der Waals surface area contributed by atoms with E-state index in [2.05, 4.69) is 0 Å². The number of fused-ring (bicyclic) bond motifs is 2. The van der Waals surface area contributed by atoms with Gasteiger partial charge >= 0.3 is 0 Å². The van der Waals surface area contributed by atoms with E-state index in [1.54, 1.807) is 0 Å². The van der Waals surface area contributed by atoms with Gasteiger partial charge in [-0.1, -0.05) is 80.0 Å². The molecule has 0 amide bonds. The maximum Gasteiger partial charge on any atom is 0.152 e. The molecule has 1 spiro atoms. The number of halogens is 1. The highest BCUT2D eigenvalue weighted by molar-refractivity contribution is 6.33. The summed E-state index contributed by atoms with van der Waals surface area (Å²) in [5.41, 5.74) is 1.47. The van der Waals surface area contributed by atoms with Crippen molar-refractivity contribution >= 4 is 29.2 Å². The van der Waals surface area contributed by atoms with E-state index in [1.165, 1.54) is 0 Å². The monoisotopic (exact) mass is 378 g/mol. The van der Waals surface area contributed by atoms with Gasteiger partial charge in [0.05, 0.1) is 0 Å². The lowest BCUT2D eigenvalue weighted by Gasteiger charge is -2.42. The second-order valence-corrected chi connectivity index (χ2v) is 8.96. The molecule has 1 saturated carbocycles. The van der Waals surface area contributed by atoms with Crippen molar-refractivity contribution in [3.63, 3.8) is 0 Å². The Hall–Kier alpha value is -2.19. The zero-order valence-corrected chi connectivity index (χ0v) is 16.4. The maximum absolute atomic E-state index is 13.5. The largest absolute Gasteiger partial charge is 0.298 e. The average Bonchev–Trinajstić information content (AvgIpc) is 2.97. The molecule has 4 rings (SSSR count). The first-order valence-electron chi connectivity index (χ1n) is 9.42. The van der Waals surface area contributed by atoms with E-state index in [-0.39, 0.29) is 22.9 Å². The van der Waals surface area contributed by atoms with Crippen molar-refractivity contribution in [2.45, 2.75) is 38.5 Å². The standard InChI is InChI=1S/C24H23ClO2/c1-23(2)14-21(26)24(22(27)15-23)18-11-7-6-10-17(18)13-19(24)20(25)12-16-8-4-3-5-9-16/h3-12,19H,13-15H2,1-2H3/b20-12-/t19-/m1/s1. The van der Waals surface area contributed by atoms with Crippen LogP contribution in [0.25, 0.3) is 6.08 Å². The molecular formula is C24H23ClO2. The number of allylic oxidation sites excluding steroid dienone is 1. The molecule has 2 nitrogen and oxygen atoms in total. The molecule has 0 saturated heterocycles. The Morgan fingerprint density at radius 2 is 1.56 bits per heavy atom. The van der Waals surface area contributed by atoms with Crippen molar-refractivity contribution in [3.05, 3.63) is 76.3 Å². The van der Waals surface area contributed by atoms with Crippen LogP contribution in [-0.4, -0.2) is 11.6 Å². The topological polar surface area (TPSA) is 34.1 Å². The molecule has 2 aromatic rings. The molecule has 138 valence electrons. The third kappa shape index (κ3) is 2.87. The zero-order chi connectivity index (χ0) is 19.2. The van der Waals surface area contributed by atoms with Crippen LogP contribution < -0.4 is 0 Å². The molecule has 1 atom stereocenters. The lowest BCUT2D eigenvalue weighted by molar-refractivity contribution is -0.143. The summed E-state index contributed by atoms with van der Waals surface area (Å²) in [4.78, 5) is 26.9. The zero-order valence-electron chi connectivity index (χ0n) is 15.7. The van der Waals surface area contributed by atoms with Gasteiger partial charge in [0.15, 0.2) is 11.6 Å². The highest BCUT2D eigenvalue weighted by Crippen LogP contribution is 2.54. The van der Waals surface area contributed by atoms with Crippen LogP contribution in [0.1, 0.15) is 43.4 Å². The number of rotatable bonds is 2. The minimum atomic E-state index is -1.13. The second-order valence-electron chi connectivity index (χ2n) is 8.53. The van der Waals surface area contributed by atoms with E-state index in [9.17, 15) is 9.59 Å². The van der Waals surface area contributed by atoms with Gasteiger partial charge in [-0.15, -0.1) is 0 Å². The summed E-state index contributed by atoms with van der Waals surface area (Å²) in [6.07, 6.45) is 3.33. The van der Waals surface area contributed by atoms with Crippen molar-refractivity contribution in [1.29, 1.82) is 0 Å². The van der Waals surface area contributed by atoms with Crippen molar-refractivity contribution in [1.82, 2.24) is 0 Å². The molecule has 27 heavy (non-hydrogen) atoms. The van der Waals surface area contributed by atoms with E-state index in [0.717, 1.165) is 16.7 Å². The number of hydrogen-bond acceptors (Lipinski definition) is 2. The number of Topliss-reactive ketones (excluding diaryl/α,β-unsaturated/α-hetero) is 2. The molecular weight excluding hydrogens is 356 g/mol. The second kappa shape index (κ2) is 6.45. The van der Waals surface area contributed by atoms with Gasteiger partial charge in [0.25, 0.3) is 0 Å². The molecule has 0 N–H and O–H groups in total. The number of ketones is 2. The highest BCUT2D eigenvalue weighted by Gasteiger charge is 2.61. The van der Waals surface area contributed by atoms with E-state index in [1.807, 2.05) is 74.5 Å². The molecule has 0 bridgehead atoms. The predicted molar refractivity (Wildman–Crippen MR) is 109 cm³/mol. The first-order valence-corrected chi connectivity index (χ1v) is 9.79. The Morgan fingerprint density at radius 3 is 2.22 bits per heavy atom. The van der Waals surface area contributed by atoms with E-state index in [4.69, 9.17) is 11.6 Å². The average molecular weight is 379 g/mol. The maximum atomic E-state index is 13.5. The third-order valence-electron chi connectivity index (χ3n) is 5.98. The van der Waals surface area contributed by atoms with Crippen LogP contribution in [0, 0.1) is 11.3 Å². The van der Waals surface area contributed by atoms with Crippen LogP contribution in [0.2, 0.25) is 0 Å². The van der Waals surface area contributed by atoms with Crippen LogP contribution in [0.3, 0.4) is 0 Å². The van der Waals surface area contributed by atoms with Crippen LogP contribution in [0.5, 0.6) is 0 Å². The van der Waals surface area contributed by atoms with Gasteiger partial charge in [0.2, 0.25) is 0 Å². The minimum Gasteiger partial charge on any atom is -0.298 e. The normalized spacial score (nSPS) is 23.5. The quantitative estimate of drug-likeness (QED) is 0.661. The lowest BCUT2D eigenvalue weighted by Crippen LogP contribution is -2.54. The van der Waals surface area contributed by atoms with E-state index in [0.29, 0.717) is 24.3 Å². The summed E-state index contributed by atoms with van der Waals surface area (Å²) in [5, 5.41) is 0.582. The Kier molecular flexibility index (Phi) is 4.35. The first kappa shape index (κ1) is 18.2. The van der Waals surface area contributed by atoms with Gasteiger partial charge in [0.1, 0.15) is 5.41 Å². The van der Waals surface area contributed by atoms with Crippen molar-refractivity contribution in [2.75, 3.05) is 0 Å². The van der Waals surface area contributed by atoms with Gasteiger partial charge in [-0.2, -0.15) is 0 Å². The van der Waals surface area contributed by atoms with Gasteiger partial charge in [-0.25, -0.2) is 0 Å². The molecule has 0 heterocycles. The molecule has 3 heteroatoms. The Morgan fingerprint density at radius 1 is 0.963 bits per heavy atom. The number of benzene rings is 2. The van der Waals surface area contributed by atoms with Crippen LogP contribution in [-0.2, 0) is 21.4 Å². The summed E-state index contributed by atoms with van der Waals surface area (Å²) < 4.78 is 0. The molecule has 2 aliphatic carbocycles. The molecule has 0 aromatic heterocycles. The number of hydrogen-bond donors (Lipinski definition) is 0. The molecule has 2 aromatic carbocycles. The number of carbonyl (C=O) groups is 2. The SMILES string of the molecule is CC1(C)CC(=O)C2(C(=O)C1)c1ccccc1C[C@@H]2/C(Cl)=C/c1ccccc1. The van der Waals surface area contributed by atoms with Gasteiger partial charge in [-0.3, -0.25) is 9.59 Å². The molecule has 2 aliphatic rings. The summed E-state index contributed by atoms with van der Waals surface area (Å²) in [5.74, 6) is -0.301. The number of carbonyl (C=O) groups excluding carboxylic acids is 2. The fourth-order valence-corrected chi connectivity index (χ4v) is 5.18. The predicted octanol–water partition coefficient (Wildman–Crippen LogP) is 5.33. The Balaban J connectivity index is 1.86. The smallest absolute Gasteiger partial charge is 0.152 e. The molecule has 0 radical (unpaired) electrons. The highest BCUT2D eigenvalue weighted by atomic mass is 35.5. The van der Waals surface area contributed by atoms with Crippen molar-refractivity contribution in [3.8, 4) is 0 Å². The van der Waals surface area contributed by atoms with Crippen LogP contribution in [0.15, 0.2) is 59.6 Å². The summed E-state index contributed by atoms with van der Waals surface area (Å²) in [6, 6.07) is 17.6. The Labute approximate surface area is 165 Å². The fourth-order valence-electron chi connectivity index (χ4n) is 4.81. The minimum absolute atomic E-state index is 0.0123. The lowest BCUT2D eigenvalue weighted by atomic mass is 9.58. The Bertz CT molecular complexity index is 920. The molecule has 0 unspecified atom stereocenters. The summed E-state index contributed by atoms with van der Waals surface area (Å²) in [7, 11) is 0. The first-order chi connectivity index (χ1) is 12.8. The van der Waals surface area contributed by atoms with Gasteiger partial charge in [0, 0.05) is 23.8 Å². The van der Waals surface area contributed by atoms with Crippen LogP contribution >= 0.6 is 11.6 Å². The summed E-state index contributed by atoms with van der Waals surface area (Å²) >= 11 is 6.79. The van der Waals surface area contributed by atoms with Gasteiger partial charge < -0.3 is 0 Å². The van der Waals surface area contributed by atoms with E-state index >= 15 is 0 Å². The van der Waals surface area contributed by atoms with Crippen molar-refractivity contribution in [2.24, 2.45) is 11.3 Å².